The van der Waals surface area contributed by atoms with Gasteiger partial charge in [0.25, 0.3) is 0 Å². The maximum atomic E-state index is 6.02. The summed E-state index contributed by atoms with van der Waals surface area (Å²) in [5, 5.41) is 0.559. The highest BCUT2D eigenvalue weighted by atomic mass is 35.5. The van der Waals surface area contributed by atoms with E-state index in [2.05, 4.69) is 4.99 Å². The van der Waals surface area contributed by atoms with E-state index in [4.69, 9.17) is 23.1 Å². The largest absolute Gasteiger partial charge is 0.399 e. The Kier molecular flexibility index (Phi) is 3.85. The minimum Gasteiger partial charge on any atom is -0.399 e. The third-order valence-corrected chi connectivity index (χ3v) is 2.85. The number of nitrogen functional groups attached to an aromatic ring is 2. The molecule has 2 rings (SSSR count). The number of para-hydroxylation sites is 1. The Hall–Kier alpha value is -2.00. The standard InChI is InChI=1S/C14H14ClN3/c15-12-2-1-3-13(17)14(12)18-9-8-10-4-6-11(16)7-5-10/h1-7,9H,8,16-17H2. The summed E-state index contributed by atoms with van der Waals surface area (Å²) in [4.78, 5) is 4.31. The zero-order valence-corrected chi connectivity index (χ0v) is 10.6. The van der Waals surface area contributed by atoms with Crippen molar-refractivity contribution in [1.82, 2.24) is 0 Å². The SMILES string of the molecule is Nc1ccc(CC=Nc2c(N)cccc2Cl)cc1. The number of aliphatic imine (C=N–C) groups is 1. The number of hydrogen-bond acceptors (Lipinski definition) is 3. The molecular weight excluding hydrogens is 246 g/mol. The maximum absolute atomic E-state index is 6.02. The van der Waals surface area contributed by atoms with Crippen molar-refractivity contribution in [1.29, 1.82) is 0 Å². The summed E-state index contributed by atoms with van der Waals surface area (Å²) < 4.78 is 0. The van der Waals surface area contributed by atoms with Crippen LogP contribution in [0.25, 0.3) is 0 Å². The predicted molar refractivity (Wildman–Crippen MR) is 78.6 cm³/mol. The fraction of sp³-hybridized carbons (Fsp3) is 0.0714. The second kappa shape index (κ2) is 5.56. The highest BCUT2D eigenvalue weighted by molar-refractivity contribution is 6.33. The Morgan fingerprint density at radius 1 is 1.06 bits per heavy atom. The van der Waals surface area contributed by atoms with Gasteiger partial charge in [0.1, 0.15) is 5.69 Å². The molecule has 0 aliphatic rings. The van der Waals surface area contributed by atoms with Crippen molar-refractivity contribution >= 4 is 34.9 Å². The number of rotatable bonds is 3. The summed E-state index contributed by atoms with van der Waals surface area (Å²) in [7, 11) is 0. The molecule has 0 heterocycles. The van der Waals surface area contributed by atoms with Crippen molar-refractivity contribution in [2.45, 2.75) is 6.42 Å². The first kappa shape index (κ1) is 12.5. The van der Waals surface area contributed by atoms with Crippen LogP contribution in [0.5, 0.6) is 0 Å². The van der Waals surface area contributed by atoms with E-state index in [-0.39, 0.29) is 0 Å². The van der Waals surface area contributed by atoms with Crippen LogP contribution < -0.4 is 11.5 Å². The molecule has 0 aliphatic carbocycles. The third kappa shape index (κ3) is 3.02. The molecule has 3 nitrogen and oxygen atoms in total. The minimum absolute atomic E-state index is 0.559. The van der Waals surface area contributed by atoms with Crippen molar-refractivity contribution in [3.63, 3.8) is 0 Å². The van der Waals surface area contributed by atoms with Crippen LogP contribution in [0.3, 0.4) is 0 Å². The van der Waals surface area contributed by atoms with Crippen LogP contribution in [-0.4, -0.2) is 6.21 Å². The predicted octanol–water partition coefficient (Wildman–Crippen LogP) is 3.45. The van der Waals surface area contributed by atoms with Gasteiger partial charge in [-0.25, -0.2) is 0 Å². The first-order valence-electron chi connectivity index (χ1n) is 5.58. The summed E-state index contributed by atoms with van der Waals surface area (Å²) in [5.74, 6) is 0. The Labute approximate surface area is 111 Å². The summed E-state index contributed by atoms with van der Waals surface area (Å²) in [6.07, 6.45) is 2.51. The van der Waals surface area contributed by atoms with Crippen LogP contribution in [0.1, 0.15) is 5.56 Å². The van der Waals surface area contributed by atoms with Gasteiger partial charge in [0.15, 0.2) is 0 Å². The third-order valence-electron chi connectivity index (χ3n) is 2.55. The molecule has 4 N–H and O–H groups in total. The van der Waals surface area contributed by atoms with Crippen molar-refractivity contribution in [2.75, 3.05) is 11.5 Å². The number of hydrogen-bond donors (Lipinski definition) is 2. The quantitative estimate of drug-likeness (QED) is 0.655. The number of anilines is 2. The molecule has 0 fully saturated rings. The molecule has 0 aliphatic heterocycles. The Morgan fingerprint density at radius 2 is 1.78 bits per heavy atom. The van der Waals surface area contributed by atoms with E-state index in [1.54, 1.807) is 24.4 Å². The molecular formula is C14H14ClN3. The average molecular weight is 260 g/mol. The Balaban J connectivity index is 2.10. The van der Waals surface area contributed by atoms with Gasteiger partial charge < -0.3 is 11.5 Å². The van der Waals surface area contributed by atoms with Gasteiger partial charge >= 0.3 is 0 Å². The van der Waals surface area contributed by atoms with Crippen molar-refractivity contribution in [2.24, 2.45) is 4.99 Å². The van der Waals surface area contributed by atoms with Gasteiger partial charge in [-0.15, -0.1) is 0 Å². The topological polar surface area (TPSA) is 64.4 Å². The number of nitrogens with two attached hydrogens (primary N) is 2. The Morgan fingerprint density at radius 3 is 2.44 bits per heavy atom. The lowest BCUT2D eigenvalue weighted by Gasteiger charge is -2.02. The molecule has 0 saturated carbocycles. The lowest BCUT2D eigenvalue weighted by atomic mass is 10.1. The molecule has 2 aromatic rings. The second-order valence-electron chi connectivity index (χ2n) is 3.94. The first-order valence-corrected chi connectivity index (χ1v) is 5.95. The van der Waals surface area contributed by atoms with Gasteiger partial charge in [-0.3, -0.25) is 4.99 Å². The van der Waals surface area contributed by atoms with Crippen LogP contribution in [0.15, 0.2) is 47.5 Å². The smallest absolute Gasteiger partial charge is 0.104 e. The average Bonchev–Trinajstić information content (AvgIpc) is 2.35. The highest BCUT2D eigenvalue weighted by Gasteiger charge is 2.00. The summed E-state index contributed by atoms with van der Waals surface area (Å²) in [6.45, 7) is 0. The first-order chi connectivity index (χ1) is 8.66. The monoisotopic (exact) mass is 259 g/mol. The molecule has 92 valence electrons. The molecule has 0 atom stereocenters. The van der Waals surface area contributed by atoms with Crippen LogP contribution in [0.2, 0.25) is 5.02 Å². The van der Waals surface area contributed by atoms with Gasteiger partial charge in [0.2, 0.25) is 0 Å². The molecule has 0 spiro atoms. The lowest BCUT2D eigenvalue weighted by molar-refractivity contribution is 1.35. The molecule has 0 unspecified atom stereocenters. The maximum Gasteiger partial charge on any atom is 0.104 e. The van der Waals surface area contributed by atoms with Crippen LogP contribution in [-0.2, 0) is 6.42 Å². The van der Waals surface area contributed by atoms with Gasteiger partial charge in [-0.05, 0) is 29.8 Å². The molecule has 2 aromatic carbocycles. The number of halogens is 1. The lowest BCUT2D eigenvalue weighted by Crippen LogP contribution is -1.89. The highest BCUT2D eigenvalue weighted by Crippen LogP contribution is 2.30. The summed E-state index contributed by atoms with van der Waals surface area (Å²) in [6, 6.07) is 13.0. The van der Waals surface area contributed by atoms with Crippen molar-refractivity contribution in [3.05, 3.63) is 53.1 Å². The van der Waals surface area contributed by atoms with E-state index in [1.165, 1.54) is 0 Å². The molecule has 0 bridgehead atoms. The van der Waals surface area contributed by atoms with E-state index < -0.39 is 0 Å². The fourth-order valence-corrected chi connectivity index (χ4v) is 1.79. The van der Waals surface area contributed by atoms with E-state index in [1.807, 2.05) is 24.3 Å². The van der Waals surface area contributed by atoms with Gasteiger partial charge in [-0.1, -0.05) is 29.8 Å². The zero-order valence-electron chi connectivity index (χ0n) is 9.81. The van der Waals surface area contributed by atoms with Crippen LogP contribution in [0.4, 0.5) is 17.1 Å². The molecule has 0 amide bonds. The van der Waals surface area contributed by atoms with Crippen molar-refractivity contribution in [3.8, 4) is 0 Å². The number of nitrogens with zero attached hydrogens (tertiary/aromatic N) is 1. The van der Waals surface area contributed by atoms with E-state index >= 15 is 0 Å². The molecule has 4 heteroatoms. The Bertz CT molecular complexity index is 542. The van der Waals surface area contributed by atoms with Gasteiger partial charge in [0.05, 0.1) is 10.7 Å². The molecule has 0 saturated heterocycles. The molecule has 0 radical (unpaired) electrons. The van der Waals surface area contributed by atoms with Gasteiger partial charge in [0, 0.05) is 18.3 Å². The van der Waals surface area contributed by atoms with Crippen molar-refractivity contribution < 1.29 is 0 Å². The van der Waals surface area contributed by atoms with Crippen LogP contribution >= 0.6 is 11.6 Å². The van der Waals surface area contributed by atoms with E-state index in [9.17, 15) is 0 Å². The zero-order chi connectivity index (χ0) is 13.0. The van der Waals surface area contributed by atoms with Crippen LogP contribution in [0, 0.1) is 0 Å². The fourth-order valence-electron chi connectivity index (χ4n) is 1.56. The minimum atomic E-state index is 0.559. The number of benzene rings is 2. The second-order valence-corrected chi connectivity index (χ2v) is 4.34. The van der Waals surface area contributed by atoms with E-state index in [0.717, 1.165) is 11.3 Å². The summed E-state index contributed by atoms with van der Waals surface area (Å²) in [5.41, 5.74) is 14.5. The normalized spacial score (nSPS) is 10.9. The summed E-state index contributed by atoms with van der Waals surface area (Å²) >= 11 is 6.02. The molecule has 18 heavy (non-hydrogen) atoms. The van der Waals surface area contributed by atoms with Gasteiger partial charge in [-0.2, -0.15) is 0 Å². The van der Waals surface area contributed by atoms with E-state index in [0.29, 0.717) is 22.8 Å². The molecule has 0 aromatic heterocycles.